The number of nitrogen functional groups attached to an aromatic ring is 1. The summed E-state index contributed by atoms with van der Waals surface area (Å²) in [5.41, 5.74) is 10.9. The molecule has 1 heterocycles. The molecule has 2 heteroatoms. The van der Waals surface area contributed by atoms with Gasteiger partial charge in [0.25, 0.3) is 0 Å². The van der Waals surface area contributed by atoms with Gasteiger partial charge < -0.3 is 10.3 Å². The lowest BCUT2D eigenvalue weighted by atomic mass is 9.77. The van der Waals surface area contributed by atoms with Gasteiger partial charge in [-0.2, -0.15) is 0 Å². The van der Waals surface area contributed by atoms with Crippen LogP contribution in [0, 0.1) is 11.3 Å². The number of benzene rings is 2. The Bertz CT molecular complexity index is 1120. The van der Waals surface area contributed by atoms with Crippen LogP contribution in [-0.4, -0.2) is 4.57 Å². The zero-order valence-electron chi connectivity index (χ0n) is 17.8. The highest BCUT2D eigenvalue weighted by molar-refractivity contribution is 5.85. The summed E-state index contributed by atoms with van der Waals surface area (Å²) < 4.78 is 2.40. The molecule has 146 valence electrons. The van der Waals surface area contributed by atoms with Crippen molar-refractivity contribution in [3.8, 4) is 5.69 Å². The molecule has 0 saturated carbocycles. The average molecular weight is 373 g/mol. The Balaban J connectivity index is 2.05. The van der Waals surface area contributed by atoms with E-state index < -0.39 is 0 Å². The number of hydrogen-bond acceptors (Lipinski definition) is 1. The summed E-state index contributed by atoms with van der Waals surface area (Å²) in [4.78, 5) is 0. The third-order valence-corrected chi connectivity index (χ3v) is 6.45. The Kier molecular flexibility index (Phi) is 4.61. The van der Waals surface area contributed by atoms with Crippen LogP contribution in [0.3, 0.4) is 0 Å². The minimum atomic E-state index is 0.262. The van der Waals surface area contributed by atoms with Gasteiger partial charge in [-0.05, 0) is 72.1 Å². The second kappa shape index (κ2) is 6.84. The standard InChI is InChI=1S/C26H32N2/c1-6-17(2)18-7-13-24-22(15-18)23-16-19(26(3,4)5)8-14-25(23)28(24)21-11-9-20(27)10-12-21/h7,9-17,19H,6,8,27H2,1-5H3. The van der Waals surface area contributed by atoms with E-state index in [1.54, 1.807) is 0 Å². The van der Waals surface area contributed by atoms with Gasteiger partial charge in [0, 0.05) is 27.3 Å². The van der Waals surface area contributed by atoms with Crippen LogP contribution < -0.4 is 16.3 Å². The van der Waals surface area contributed by atoms with Crippen LogP contribution in [0.5, 0.6) is 0 Å². The summed E-state index contributed by atoms with van der Waals surface area (Å²) in [6.45, 7) is 11.6. The molecule has 3 aromatic rings. The number of nitrogens with zero attached hydrogens (tertiary/aromatic N) is 1. The van der Waals surface area contributed by atoms with Crippen LogP contribution in [0.4, 0.5) is 5.69 Å². The van der Waals surface area contributed by atoms with Crippen LogP contribution in [0.15, 0.2) is 42.5 Å². The topological polar surface area (TPSA) is 30.9 Å². The quantitative estimate of drug-likeness (QED) is 0.617. The first-order chi connectivity index (χ1) is 13.3. The molecule has 1 aliphatic rings. The molecule has 0 bridgehead atoms. The average Bonchev–Trinajstić information content (AvgIpc) is 3.00. The fraction of sp³-hybridized carbons (Fsp3) is 0.385. The summed E-state index contributed by atoms with van der Waals surface area (Å²) in [7, 11) is 0. The highest BCUT2D eigenvalue weighted by Crippen LogP contribution is 2.32. The fourth-order valence-corrected chi connectivity index (χ4v) is 4.28. The van der Waals surface area contributed by atoms with Gasteiger partial charge in [0.2, 0.25) is 0 Å². The maximum atomic E-state index is 5.94. The summed E-state index contributed by atoms with van der Waals surface area (Å²) in [5.74, 6) is 1.13. The van der Waals surface area contributed by atoms with Crippen molar-refractivity contribution in [1.29, 1.82) is 0 Å². The first-order valence-electron chi connectivity index (χ1n) is 10.5. The molecule has 0 amide bonds. The molecule has 0 saturated heterocycles. The van der Waals surface area contributed by atoms with E-state index in [9.17, 15) is 0 Å². The van der Waals surface area contributed by atoms with E-state index in [1.165, 1.54) is 32.7 Å². The Morgan fingerprint density at radius 3 is 2.46 bits per heavy atom. The van der Waals surface area contributed by atoms with E-state index in [0.29, 0.717) is 11.8 Å². The molecule has 2 atom stereocenters. The van der Waals surface area contributed by atoms with Gasteiger partial charge in [0.05, 0.1) is 5.52 Å². The number of hydrogen-bond donors (Lipinski definition) is 1. The molecule has 2 nitrogen and oxygen atoms in total. The van der Waals surface area contributed by atoms with Crippen molar-refractivity contribution in [2.75, 3.05) is 5.73 Å². The lowest BCUT2D eigenvalue weighted by molar-refractivity contribution is 0.314. The van der Waals surface area contributed by atoms with Gasteiger partial charge in [-0.3, -0.25) is 0 Å². The zero-order chi connectivity index (χ0) is 20.1. The normalized spacial score (nSPS) is 17.7. The van der Waals surface area contributed by atoms with Crippen molar-refractivity contribution in [2.24, 2.45) is 11.3 Å². The fourth-order valence-electron chi connectivity index (χ4n) is 4.28. The first-order valence-corrected chi connectivity index (χ1v) is 10.5. The molecule has 28 heavy (non-hydrogen) atoms. The number of rotatable bonds is 3. The molecule has 2 N–H and O–H groups in total. The third-order valence-electron chi connectivity index (χ3n) is 6.45. The van der Waals surface area contributed by atoms with Gasteiger partial charge in [0.15, 0.2) is 0 Å². The number of fused-ring (bicyclic) bond motifs is 3. The van der Waals surface area contributed by atoms with Crippen LogP contribution >= 0.6 is 0 Å². The Labute approximate surface area is 168 Å². The van der Waals surface area contributed by atoms with E-state index in [1.807, 2.05) is 12.1 Å². The second-order valence-electron chi connectivity index (χ2n) is 9.39. The van der Waals surface area contributed by atoms with E-state index >= 15 is 0 Å². The van der Waals surface area contributed by atoms with Crippen LogP contribution in [-0.2, 0) is 0 Å². The van der Waals surface area contributed by atoms with Crippen molar-refractivity contribution in [2.45, 2.75) is 53.4 Å². The molecule has 0 fully saturated rings. The molecule has 1 aromatic heterocycles. The first kappa shape index (κ1) is 18.9. The zero-order valence-corrected chi connectivity index (χ0v) is 17.8. The number of aromatic nitrogens is 1. The van der Waals surface area contributed by atoms with E-state index in [2.05, 4.69) is 81.7 Å². The van der Waals surface area contributed by atoms with Gasteiger partial charge in [-0.25, -0.2) is 0 Å². The Hall–Kier alpha value is -2.48. The predicted octanol–water partition coefficient (Wildman–Crippen LogP) is 5.35. The minimum Gasteiger partial charge on any atom is -0.399 e. The van der Waals surface area contributed by atoms with Gasteiger partial charge in [-0.15, -0.1) is 0 Å². The maximum Gasteiger partial charge on any atom is 0.0541 e. The molecule has 0 spiro atoms. The number of nitrogens with two attached hydrogens (primary N) is 1. The highest BCUT2D eigenvalue weighted by atomic mass is 15.0. The van der Waals surface area contributed by atoms with Crippen molar-refractivity contribution in [1.82, 2.24) is 4.57 Å². The smallest absolute Gasteiger partial charge is 0.0541 e. The van der Waals surface area contributed by atoms with E-state index in [0.717, 1.165) is 18.5 Å². The summed E-state index contributed by atoms with van der Waals surface area (Å²) in [6.07, 6.45) is 7.20. The molecule has 1 aliphatic carbocycles. The van der Waals surface area contributed by atoms with Crippen molar-refractivity contribution in [3.05, 3.63) is 58.6 Å². The molecular formula is C26H32N2. The molecule has 0 aliphatic heterocycles. The SMILES string of the molecule is CCC(C)c1ccc2c(c1)c1c(n2-c2ccc(N)cc2)=CCC(C(C)(C)C)C=1. The summed E-state index contributed by atoms with van der Waals surface area (Å²) >= 11 is 0. The number of anilines is 1. The van der Waals surface area contributed by atoms with Crippen molar-refractivity contribution < 1.29 is 0 Å². The Morgan fingerprint density at radius 2 is 1.82 bits per heavy atom. The molecule has 4 rings (SSSR count). The summed E-state index contributed by atoms with van der Waals surface area (Å²) in [6, 6.07) is 15.3. The monoisotopic (exact) mass is 372 g/mol. The summed E-state index contributed by atoms with van der Waals surface area (Å²) in [5, 5.41) is 4.08. The Morgan fingerprint density at radius 1 is 1.11 bits per heavy atom. The van der Waals surface area contributed by atoms with E-state index in [-0.39, 0.29) is 5.41 Å². The lowest BCUT2D eigenvalue weighted by Gasteiger charge is -2.28. The van der Waals surface area contributed by atoms with Crippen molar-refractivity contribution >= 4 is 28.7 Å². The minimum absolute atomic E-state index is 0.262. The van der Waals surface area contributed by atoms with Crippen LogP contribution in [0.2, 0.25) is 0 Å². The van der Waals surface area contributed by atoms with Crippen molar-refractivity contribution in [3.63, 3.8) is 0 Å². The molecule has 2 unspecified atom stereocenters. The highest BCUT2D eigenvalue weighted by Gasteiger charge is 2.25. The van der Waals surface area contributed by atoms with Gasteiger partial charge in [0.1, 0.15) is 0 Å². The molecular weight excluding hydrogens is 340 g/mol. The van der Waals surface area contributed by atoms with Crippen LogP contribution in [0.25, 0.3) is 28.7 Å². The largest absolute Gasteiger partial charge is 0.399 e. The van der Waals surface area contributed by atoms with Crippen LogP contribution in [0.1, 0.15) is 58.9 Å². The third kappa shape index (κ3) is 3.15. The lowest BCUT2D eigenvalue weighted by Crippen LogP contribution is -2.35. The molecule has 0 radical (unpaired) electrons. The maximum absolute atomic E-state index is 5.94. The van der Waals surface area contributed by atoms with Gasteiger partial charge >= 0.3 is 0 Å². The van der Waals surface area contributed by atoms with E-state index in [4.69, 9.17) is 5.73 Å². The van der Waals surface area contributed by atoms with Gasteiger partial charge in [-0.1, -0.05) is 52.8 Å². The predicted molar refractivity (Wildman–Crippen MR) is 122 cm³/mol. The molecule has 2 aromatic carbocycles. The second-order valence-corrected chi connectivity index (χ2v) is 9.39.